The summed E-state index contributed by atoms with van der Waals surface area (Å²) in [7, 11) is 0. The third kappa shape index (κ3) is 2.71. The highest BCUT2D eigenvalue weighted by molar-refractivity contribution is 7.71. The van der Waals surface area contributed by atoms with E-state index in [4.69, 9.17) is 12.2 Å². The average molecular weight is 355 g/mol. The number of nitrogens with zero attached hydrogens (tertiary/aromatic N) is 1. The van der Waals surface area contributed by atoms with Gasteiger partial charge in [0.25, 0.3) is 5.56 Å². The molecule has 132 valence electrons. The number of rotatable bonds is 3. The molecular weight excluding hydrogens is 328 g/mol. The van der Waals surface area contributed by atoms with Crippen LogP contribution in [0.25, 0.3) is 11.3 Å². The normalized spacial score (nSPS) is 18.0. The van der Waals surface area contributed by atoms with Gasteiger partial charge in [-0.05, 0) is 43.5 Å². The molecule has 2 aliphatic rings. The molecule has 1 N–H and O–H groups in total. The van der Waals surface area contributed by atoms with Crippen molar-refractivity contribution in [2.24, 2.45) is 0 Å². The fourth-order valence-corrected chi connectivity index (χ4v) is 5.09. The van der Waals surface area contributed by atoms with Crippen molar-refractivity contribution in [3.8, 4) is 11.3 Å². The van der Waals surface area contributed by atoms with Crippen molar-refractivity contribution in [2.75, 3.05) is 0 Å². The largest absolute Gasteiger partial charge is 0.331 e. The van der Waals surface area contributed by atoms with Crippen LogP contribution in [-0.4, -0.2) is 9.55 Å². The second-order valence-electron chi connectivity index (χ2n) is 7.67. The molecule has 1 aromatic heterocycles. The van der Waals surface area contributed by atoms with E-state index >= 15 is 0 Å². The van der Waals surface area contributed by atoms with E-state index in [2.05, 4.69) is 36.2 Å². The molecule has 25 heavy (non-hydrogen) atoms. The van der Waals surface area contributed by atoms with E-state index in [0.29, 0.717) is 4.77 Å². The molecule has 1 aromatic carbocycles. The molecule has 0 atom stereocenters. The number of aromatic nitrogens is 2. The summed E-state index contributed by atoms with van der Waals surface area (Å²) >= 11 is 5.56. The van der Waals surface area contributed by atoms with Crippen molar-refractivity contribution in [3.05, 3.63) is 50.5 Å². The van der Waals surface area contributed by atoms with Gasteiger partial charge >= 0.3 is 0 Å². The molecule has 2 aliphatic carbocycles. The minimum Gasteiger partial charge on any atom is -0.331 e. The molecule has 0 amide bonds. The van der Waals surface area contributed by atoms with Crippen LogP contribution in [0.5, 0.6) is 0 Å². The Morgan fingerprint density at radius 2 is 1.96 bits per heavy atom. The maximum absolute atomic E-state index is 13.5. The molecule has 0 unspecified atom stereocenters. The SMILES string of the molecule is CCCCn1c(=S)[nH]c2c(c1=O)C1(CCCCC1)Cc1ccccc1-2. The van der Waals surface area contributed by atoms with Crippen LogP contribution >= 0.6 is 12.2 Å². The fourth-order valence-electron chi connectivity index (χ4n) is 4.81. The third-order valence-electron chi connectivity index (χ3n) is 6.08. The van der Waals surface area contributed by atoms with Crippen LogP contribution in [-0.2, 0) is 18.4 Å². The van der Waals surface area contributed by atoms with Crippen LogP contribution in [0.1, 0.15) is 63.0 Å². The second kappa shape index (κ2) is 6.56. The highest BCUT2D eigenvalue weighted by atomic mass is 32.1. The Hall–Kier alpha value is -1.68. The van der Waals surface area contributed by atoms with Gasteiger partial charge in [0.05, 0.1) is 5.69 Å². The molecule has 0 bridgehead atoms. The molecule has 2 aromatic rings. The molecule has 1 spiro atoms. The summed E-state index contributed by atoms with van der Waals surface area (Å²) in [4.78, 5) is 17.0. The summed E-state index contributed by atoms with van der Waals surface area (Å²) in [6.45, 7) is 2.87. The number of hydrogen-bond donors (Lipinski definition) is 1. The summed E-state index contributed by atoms with van der Waals surface area (Å²) < 4.78 is 2.38. The van der Waals surface area contributed by atoms with E-state index in [-0.39, 0.29) is 11.0 Å². The minimum atomic E-state index is -0.00742. The Kier molecular flexibility index (Phi) is 4.40. The molecule has 1 fully saturated rings. The minimum absolute atomic E-state index is 0.00742. The van der Waals surface area contributed by atoms with Crippen molar-refractivity contribution in [1.29, 1.82) is 0 Å². The summed E-state index contributed by atoms with van der Waals surface area (Å²) in [6.07, 6.45) is 8.97. The van der Waals surface area contributed by atoms with E-state index < -0.39 is 0 Å². The molecule has 1 heterocycles. The van der Waals surface area contributed by atoms with Gasteiger partial charge in [0.2, 0.25) is 0 Å². The van der Waals surface area contributed by atoms with Gasteiger partial charge in [0, 0.05) is 23.1 Å². The van der Waals surface area contributed by atoms with Crippen molar-refractivity contribution >= 4 is 12.2 Å². The molecule has 3 nitrogen and oxygen atoms in total. The van der Waals surface area contributed by atoms with Gasteiger partial charge in [-0.3, -0.25) is 9.36 Å². The van der Waals surface area contributed by atoms with Crippen molar-refractivity contribution in [1.82, 2.24) is 9.55 Å². The zero-order valence-electron chi connectivity index (χ0n) is 14.9. The number of unbranched alkanes of at least 4 members (excludes halogenated alkanes) is 1. The number of aromatic amines is 1. The fraction of sp³-hybridized carbons (Fsp3) is 0.524. The van der Waals surface area contributed by atoms with E-state index in [1.165, 1.54) is 30.4 Å². The van der Waals surface area contributed by atoms with E-state index in [0.717, 1.165) is 49.9 Å². The number of hydrogen-bond acceptors (Lipinski definition) is 2. The highest BCUT2D eigenvalue weighted by Crippen LogP contribution is 2.48. The number of nitrogens with one attached hydrogen (secondary N) is 1. The Morgan fingerprint density at radius 3 is 2.72 bits per heavy atom. The molecule has 4 rings (SSSR count). The predicted octanol–water partition coefficient (Wildman–Crippen LogP) is 5.13. The lowest BCUT2D eigenvalue weighted by Crippen LogP contribution is -2.43. The van der Waals surface area contributed by atoms with Crippen molar-refractivity contribution < 1.29 is 0 Å². The molecule has 0 saturated heterocycles. The Morgan fingerprint density at radius 1 is 1.20 bits per heavy atom. The van der Waals surface area contributed by atoms with Gasteiger partial charge in [0.15, 0.2) is 4.77 Å². The monoisotopic (exact) mass is 354 g/mol. The lowest BCUT2D eigenvalue weighted by atomic mass is 9.62. The lowest BCUT2D eigenvalue weighted by molar-refractivity contribution is 0.283. The van der Waals surface area contributed by atoms with Gasteiger partial charge in [-0.25, -0.2) is 0 Å². The van der Waals surface area contributed by atoms with E-state index in [1.807, 2.05) is 4.57 Å². The first-order valence-electron chi connectivity index (χ1n) is 9.62. The third-order valence-corrected chi connectivity index (χ3v) is 6.40. The predicted molar refractivity (Wildman–Crippen MR) is 105 cm³/mol. The van der Waals surface area contributed by atoms with Gasteiger partial charge in [0.1, 0.15) is 0 Å². The van der Waals surface area contributed by atoms with Gasteiger partial charge < -0.3 is 4.98 Å². The van der Waals surface area contributed by atoms with Crippen molar-refractivity contribution in [3.63, 3.8) is 0 Å². The van der Waals surface area contributed by atoms with Crippen molar-refractivity contribution in [2.45, 2.75) is 70.3 Å². The first-order valence-corrected chi connectivity index (χ1v) is 10.0. The highest BCUT2D eigenvalue weighted by Gasteiger charge is 2.42. The van der Waals surface area contributed by atoms with Crippen LogP contribution < -0.4 is 5.56 Å². The van der Waals surface area contributed by atoms with Crippen LogP contribution in [0.3, 0.4) is 0 Å². The topological polar surface area (TPSA) is 37.8 Å². The first-order chi connectivity index (χ1) is 12.2. The summed E-state index contributed by atoms with van der Waals surface area (Å²) in [5, 5.41) is 0. The standard InChI is InChI=1S/C21H26N2OS/c1-2-3-13-23-19(24)17-18(22-20(23)25)16-10-6-5-9-15(16)14-21(17)11-7-4-8-12-21/h5-6,9-10H,2-4,7-8,11-14H2,1H3,(H,22,25). The number of fused-ring (bicyclic) bond motifs is 4. The van der Waals surface area contributed by atoms with E-state index in [1.54, 1.807) is 0 Å². The zero-order valence-corrected chi connectivity index (χ0v) is 15.8. The number of benzene rings is 1. The van der Waals surface area contributed by atoms with E-state index in [9.17, 15) is 4.79 Å². The lowest BCUT2D eigenvalue weighted by Gasteiger charge is -2.42. The van der Waals surface area contributed by atoms with Crippen LogP contribution in [0.4, 0.5) is 0 Å². The Bertz CT molecular complexity index is 903. The Labute approximate surface area is 154 Å². The van der Waals surface area contributed by atoms with Gasteiger partial charge in [-0.2, -0.15) is 0 Å². The average Bonchev–Trinajstić information content (AvgIpc) is 2.62. The summed E-state index contributed by atoms with van der Waals surface area (Å²) in [6, 6.07) is 8.51. The van der Waals surface area contributed by atoms with Gasteiger partial charge in [-0.15, -0.1) is 0 Å². The zero-order chi connectivity index (χ0) is 17.4. The summed E-state index contributed by atoms with van der Waals surface area (Å²) in [5.74, 6) is 0. The second-order valence-corrected chi connectivity index (χ2v) is 8.05. The molecule has 1 saturated carbocycles. The molecule has 0 radical (unpaired) electrons. The number of H-pyrrole nitrogens is 1. The van der Waals surface area contributed by atoms with Crippen LogP contribution in [0, 0.1) is 4.77 Å². The quantitative estimate of drug-likeness (QED) is 0.776. The van der Waals surface area contributed by atoms with Crippen LogP contribution in [0.15, 0.2) is 29.1 Å². The van der Waals surface area contributed by atoms with Gasteiger partial charge in [-0.1, -0.05) is 56.9 Å². The first kappa shape index (κ1) is 16.8. The summed E-state index contributed by atoms with van der Waals surface area (Å²) in [5.41, 5.74) is 4.67. The molecular formula is C21H26N2OS. The Balaban J connectivity index is 1.99. The maximum atomic E-state index is 13.5. The smallest absolute Gasteiger partial charge is 0.258 e. The van der Waals surface area contributed by atoms with Crippen LogP contribution in [0.2, 0.25) is 0 Å². The molecule has 0 aliphatic heterocycles. The maximum Gasteiger partial charge on any atom is 0.258 e. The molecule has 4 heteroatoms.